The molecule has 0 spiro atoms. The number of halogens is 1. The minimum Gasteiger partial charge on any atom is -0.393 e. The molecule has 3 fully saturated rings. The van der Waals surface area contributed by atoms with Crippen molar-refractivity contribution in [1.82, 2.24) is 0 Å². The van der Waals surface area contributed by atoms with E-state index in [0.29, 0.717) is 17.5 Å². The smallest absolute Gasteiger partial charge is 0.160 e. The molecule has 20 heavy (non-hydrogen) atoms. The standard InChI is InChI=1S/C6H12OS.C6H10O.CH4N2S.HI/c7-5-1-3-6(8)4-2-5;1-2-6-4-3-5(1)7-6;2-1(3)4;/h5-8H,1-4H2;5-6H,1-4H2;(H4,2,3,4);1H. The fourth-order valence-corrected chi connectivity index (χ4v) is 2.93. The first-order valence-corrected chi connectivity index (χ1v) is 7.96. The van der Waals surface area contributed by atoms with Gasteiger partial charge in [-0.05, 0) is 63.6 Å². The SMILES string of the molecule is C1CC2CCC1O2.I.NC(N)=S.OC1CCC(S)CC1. The molecule has 120 valence electrons. The van der Waals surface area contributed by atoms with Crippen LogP contribution in [0.5, 0.6) is 0 Å². The summed E-state index contributed by atoms with van der Waals surface area (Å²) in [6.07, 6.45) is 10.7. The Kier molecular flexibility index (Phi) is 11.7. The fraction of sp³-hybridized carbons (Fsp3) is 0.923. The highest BCUT2D eigenvalue weighted by atomic mass is 127. The maximum atomic E-state index is 8.99. The first-order valence-electron chi connectivity index (χ1n) is 7.04. The number of hydrogen-bond acceptors (Lipinski definition) is 4. The Morgan fingerprint density at radius 1 is 0.950 bits per heavy atom. The molecule has 0 unspecified atom stereocenters. The second kappa shape index (κ2) is 11.3. The molecule has 2 saturated heterocycles. The predicted octanol–water partition coefficient (Wildman–Crippen LogP) is 2.35. The van der Waals surface area contributed by atoms with Crippen molar-refractivity contribution in [2.24, 2.45) is 11.5 Å². The molecule has 3 aliphatic rings. The Hall–Kier alpha value is 0.690. The van der Waals surface area contributed by atoms with E-state index in [0.717, 1.165) is 25.7 Å². The van der Waals surface area contributed by atoms with Crippen molar-refractivity contribution in [1.29, 1.82) is 0 Å². The minimum absolute atomic E-state index is 0. The van der Waals surface area contributed by atoms with Gasteiger partial charge in [0.05, 0.1) is 18.3 Å². The molecule has 0 aromatic heterocycles. The number of fused-ring (bicyclic) bond motifs is 2. The summed E-state index contributed by atoms with van der Waals surface area (Å²) in [4.78, 5) is 0. The van der Waals surface area contributed by atoms with Gasteiger partial charge >= 0.3 is 0 Å². The Balaban J connectivity index is 0.000000279. The minimum atomic E-state index is -0.0293. The number of thiol groups is 1. The summed E-state index contributed by atoms with van der Waals surface area (Å²) in [7, 11) is 0. The van der Waals surface area contributed by atoms with Gasteiger partial charge in [-0.15, -0.1) is 24.0 Å². The van der Waals surface area contributed by atoms with E-state index in [1.807, 2.05) is 0 Å². The molecule has 2 aliphatic heterocycles. The number of aliphatic hydroxyl groups is 1. The molecule has 4 nitrogen and oxygen atoms in total. The Morgan fingerprint density at radius 2 is 1.30 bits per heavy atom. The highest BCUT2D eigenvalue weighted by molar-refractivity contribution is 14.0. The van der Waals surface area contributed by atoms with E-state index >= 15 is 0 Å². The number of thiocarbonyl (C=S) groups is 1. The largest absolute Gasteiger partial charge is 0.393 e. The molecule has 0 atom stereocenters. The summed E-state index contributed by atoms with van der Waals surface area (Å²) in [5.74, 6) is 0. The van der Waals surface area contributed by atoms with Gasteiger partial charge in [-0.25, -0.2) is 0 Å². The lowest BCUT2D eigenvalue weighted by Gasteiger charge is -2.20. The Labute approximate surface area is 149 Å². The summed E-state index contributed by atoms with van der Waals surface area (Å²) in [5, 5.41) is 9.55. The van der Waals surface area contributed by atoms with Crippen LogP contribution in [0.2, 0.25) is 0 Å². The molecule has 1 saturated carbocycles. The van der Waals surface area contributed by atoms with Crippen LogP contribution >= 0.6 is 48.8 Å². The summed E-state index contributed by atoms with van der Waals surface area (Å²) in [6.45, 7) is 0. The lowest BCUT2D eigenvalue weighted by Crippen LogP contribution is -2.18. The third kappa shape index (κ3) is 9.59. The van der Waals surface area contributed by atoms with Gasteiger partial charge in [0.2, 0.25) is 0 Å². The van der Waals surface area contributed by atoms with Crippen molar-refractivity contribution in [3.05, 3.63) is 0 Å². The zero-order valence-electron chi connectivity index (χ0n) is 11.7. The topological polar surface area (TPSA) is 81.5 Å². The Bertz CT molecular complexity index is 245. The van der Waals surface area contributed by atoms with Crippen molar-refractivity contribution >= 4 is 53.9 Å². The molecule has 0 amide bonds. The first kappa shape index (κ1) is 20.7. The maximum absolute atomic E-state index is 8.99. The van der Waals surface area contributed by atoms with Gasteiger partial charge in [0, 0.05) is 5.25 Å². The number of hydrogen-bond donors (Lipinski definition) is 4. The van der Waals surface area contributed by atoms with Crippen molar-refractivity contribution in [2.75, 3.05) is 0 Å². The van der Waals surface area contributed by atoms with Crippen molar-refractivity contribution < 1.29 is 9.84 Å². The molecule has 2 bridgehead atoms. The van der Waals surface area contributed by atoms with Gasteiger partial charge in [-0.3, -0.25) is 0 Å². The molecular weight excluding hydrogens is 407 g/mol. The molecule has 5 N–H and O–H groups in total. The van der Waals surface area contributed by atoms with Crippen LogP contribution in [0.25, 0.3) is 0 Å². The van der Waals surface area contributed by atoms with Crippen LogP contribution in [-0.2, 0) is 4.74 Å². The quantitative estimate of drug-likeness (QED) is 0.267. The van der Waals surface area contributed by atoms with Crippen LogP contribution in [0.4, 0.5) is 0 Å². The van der Waals surface area contributed by atoms with E-state index in [-0.39, 0.29) is 35.2 Å². The number of ether oxygens (including phenoxy) is 1. The molecule has 3 rings (SSSR count). The number of nitrogens with two attached hydrogens (primary N) is 2. The molecule has 2 heterocycles. The van der Waals surface area contributed by atoms with Gasteiger partial charge in [-0.1, -0.05) is 0 Å². The zero-order valence-corrected chi connectivity index (χ0v) is 15.8. The molecule has 1 aliphatic carbocycles. The van der Waals surface area contributed by atoms with E-state index in [9.17, 15) is 0 Å². The Morgan fingerprint density at radius 3 is 1.50 bits per heavy atom. The van der Waals surface area contributed by atoms with Crippen molar-refractivity contribution in [2.45, 2.75) is 74.9 Å². The third-order valence-electron chi connectivity index (χ3n) is 3.67. The van der Waals surface area contributed by atoms with Crippen molar-refractivity contribution in [3.63, 3.8) is 0 Å². The maximum Gasteiger partial charge on any atom is 0.160 e. The van der Waals surface area contributed by atoms with Gasteiger partial charge in [0.1, 0.15) is 0 Å². The second-order valence-corrected chi connectivity index (χ2v) is 6.60. The summed E-state index contributed by atoms with van der Waals surface area (Å²) in [6, 6.07) is 0. The van der Waals surface area contributed by atoms with E-state index in [1.165, 1.54) is 25.7 Å². The van der Waals surface area contributed by atoms with Gasteiger partial charge in [0.25, 0.3) is 0 Å². The highest BCUT2D eigenvalue weighted by Crippen LogP contribution is 2.33. The summed E-state index contributed by atoms with van der Waals surface area (Å²) < 4.78 is 5.47. The van der Waals surface area contributed by atoms with Gasteiger partial charge < -0.3 is 21.3 Å². The third-order valence-corrected chi connectivity index (χ3v) is 4.19. The number of rotatable bonds is 0. The van der Waals surface area contributed by atoms with E-state index in [1.54, 1.807) is 0 Å². The zero-order chi connectivity index (χ0) is 14.3. The highest BCUT2D eigenvalue weighted by Gasteiger charge is 2.31. The van der Waals surface area contributed by atoms with Crippen LogP contribution in [-0.4, -0.2) is 33.8 Å². The van der Waals surface area contributed by atoms with E-state index < -0.39 is 0 Å². The summed E-state index contributed by atoms with van der Waals surface area (Å²) in [5.41, 5.74) is 9.24. The number of aliphatic hydroxyl groups excluding tert-OH is 1. The molecular formula is C13H27IN2O2S2. The normalized spacial score (nSPS) is 33.9. The van der Waals surface area contributed by atoms with Gasteiger partial charge in [0.15, 0.2) is 5.11 Å². The average molecular weight is 434 g/mol. The molecule has 0 aromatic carbocycles. The van der Waals surface area contributed by atoms with Crippen LogP contribution in [0.1, 0.15) is 51.4 Å². The van der Waals surface area contributed by atoms with Crippen LogP contribution in [0.3, 0.4) is 0 Å². The molecule has 0 aromatic rings. The molecule has 0 radical (unpaired) electrons. The van der Waals surface area contributed by atoms with Crippen molar-refractivity contribution in [3.8, 4) is 0 Å². The predicted molar refractivity (Wildman–Crippen MR) is 101 cm³/mol. The lowest BCUT2D eigenvalue weighted by atomic mass is 9.98. The molecule has 7 heteroatoms. The second-order valence-electron chi connectivity index (χ2n) is 5.40. The van der Waals surface area contributed by atoms with Crippen LogP contribution < -0.4 is 11.5 Å². The lowest BCUT2D eigenvalue weighted by molar-refractivity contribution is 0.105. The van der Waals surface area contributed by atoms with Crippen LogP contribution in [0, 0.1) is 0 Å². The summed E-state index contributed by atoms with van der Waals surface area (Å²) >= 11 is 8.38. The van der Waals surface area contributed by atoms with Gasteiger partial charge in [-0.2, -0.15) is 12.6 Å². The van der Waals surface area contributed by atoms with E-state index in [4.69, 9.17) is 9.84 Å². The average Bonchev–Trinajstić information content (AvgIpc) is 2.97. The van der Waals surface area contributed by atoms with E-state index in [2.05, 4.69) is 36.3 Å². The monoisotopic (exact) mass is 434 g/mol. The fourth-order valence-electron chi connectivity index (χ4n) is 2.63. The van der Waals surface area contributed by atoms with Crippen LogP contribution in [0.15, 0.2) is 0 Å². The first-order chi connectivity index (χ1) is 8.97.